The SMILES string of the molecule is CCOc1ccc(C2=NN(c3ccc(-c4nc5ccccc5s4)cc3)C(c3ccc(-c4ccc(C5CC(c6ccc(OCC)cc6)=NN5c5ccc(-c6nc7ccccc7s6)cc5)cc4)cc3)C2)cc1. The molecule has 0 N–H and O–H groups in total. The van der Waals surface area contributed by atoms with Gasteiger partial charge in [-0.15, -0.1) is 22.7 Å². The number of fused-ring (bicyclic) bond motifs is 2. The maximum Gasteiger partial charge on any atom is 0.124 e. The average molecular weight is 949 g/mol. The van der Waals surface area contributed by atoms with E-state index in [1.165, 1.54) is 20.5 Å². The molecule has 2 unspecified atom stereocenters. The average Bonchev–Trinajstić information content (AvgIpc) is 4.25. The quantitative estimate of drug-likeness (QED) is 0.115. The van der Waals surface area contributed by atoms with Crippen LogP contribution in [0.25, 0.3) is 52.7 Å². The molecule has 10 heteroatoms. The van der Waals surface area contributed by atoms with Crippen molar-refractivity contribution in [1.82, 2.24) is 9.97 Å². The first-order chi connectivity index (χ1) is 34.5. The number of thiazole rings is 2. The van der Waals surface area contributed by atoms with E-state index in [9.17, 15) is 0 Å². The molecular formula is C60H48N6O2S2. The third kappa shape index (κ3) is 8.61. The summed E-state index contributed by atoms with van der Waals surface area (Å²) in [7, 11) is 0. The molecule has 70 heavy (non-hydrogen) atoms. The van der Waals surface area contributed by atoms with Crippen LogP contribution in [0.1, 0.15) is 61.0 Å². The molecule has 0 saturated carbocycles. The molecule has 10 aromatic rings. The minimum atomic E-state index is 0.0134. The largest absolute Gasteiger partial charge is 0.494 e. The van der Waals surface area contributed by atoms with Crippen LogP contribution in [-0.4, -0.2) is 34.6 Å². The summed E-state index contributed by atoms with van der Waals surface area (Å²) in [5.74, 6) is 1.73. The van der Waals surface area contributed by atoms with Crippen LogP contribution in [0.3, 0.4) is 0 Å². The van der Waals surface area contributed by atoms with Gasteiger partial charge in [0.25, 0.3) is 0 Å². The van der Waals surface area contributed by atoms with Crippen LogP contribution in [-0.2, 0) is 0 Å². The summed E-state index contributed by atoms with van der Waals surface area (Å²) in [5, 5.41) is 17.0. The first kappa shape index (κ1) is 43.4. The predicted octanol–water partition coefficient (Wildman–Crippen LogP) is 15.4. The topological polar surface area (TPSA) is 75.4 Å². The van der Waals surface area contributed by atoms with E-state index in [0.717, 1.165) is 102 Å². The zero-order valence-corrected chi connectivity index (χ0v) is 40.4. The Hall–Kier alpha value is -7.92. The van der Waals surface area contributed by atoms with Crippen molar-refractivity contribution in [2.75, 3.05) is 23.2 Å². The lowest BCUT2D eigenvalue weighted by atomic mass is 9.94. The van der Waals surface area contributed by atoms with Gasteiger partial charge in [0.15, 0.2) is 0 Å². The highest BCUT2D eigenvalue weighted by Gasteiger charge is 2.32. The summed E-state index contributed by atoms with van der Waals surface area (Å²) in [4.78, 5) is 9.82. The summed E-state index contributed by atoms with van der Waals surface area (Å²) in [5.41, 5.74) is 15.3. The molecule has 8 nitrogen and oxygen atoms in total. The summed E-state index contributed by atoms with van der Waals surface area (Å²) >= 11 is 3.44. The van der Waals surface area contributed by atoms with Crippen molar-refractivity contribution in [3.8, 4) is 43.8 Å². The molecule has 0 aliphatic carbocycles. The van der Waals surface area contributed by atoms with Crippen LogP contribution in [0.5, 0.6) is 11.5 Å². The van der Waals surface area contributed by atoms with Gasteiger partial charge in [-0.2, -0.15) is 10.2 Å². The van der Waals surface area contributed by atoms with Gasteiger partial charge in [-0.3, -0.25) is 10.0 Å². The van der Waals surface area contributed by atoms with Crippen LogP contribution in [0.4, 0.5) is 11.4 Å². The highest BCUT2D eigenvalue weighted by molar-refractivity contribution is 7.22. The van der Waals surface area contributed by atoms with Gasteiger partial charge < -0.3 is 9.47 Å². The Labute approximate surface area is 415 Å². The van der Waals surface area contributed by atoms with E-state index in [1.54, 1.807) is 22.7 Å². The number of ether oxygens (including phenoxy) is 2. The van der Waals surface area contributed by atoms with Crippen molar-refractivity contribution in [1.29, 1.82) is 0 Å². The Morgan fingerprint density at radius 1 is 0.414 bits per heavy atom. The van der Waals surface area contributed by atoms with Gasteiger partial charge in [-0.1, -0.05) is 72.8 Å². The molecule has 0 amide bonds. The van der Waals surface area contributed by atoms with Crippen LogP contribution in [0.15, 0.2) is 204 Å². The molecule has 0 spiro atoms. The van der Waals surface area contributed by atoms with Crippen molar-refractivity contribution < 1.29 is 9.47 Å². The molecule has 0 fully saturated rings. The van der Waals surface area contributed by atoms with E-state index >= 15 is 0 Å². The van der Waals surface area contributed by atoms with Crippen molar-refractivity contribution in [2.45, 2.75) is 38.8 Å². The molecule has 8 aromatic carbocycles. The molecule has 4 heterocycles. The van der Waals surface area contributed by atoms with Crippen molar-refractivity contribution in [3.05, 3.63) is 216 Å². The fraction of sp³-hybridized carbons (Fsp3) is 0.133. The first-order valence-electron chi connectivity index (χ1n) is 23.9. The summed E-state index contributed by atoms with van der Waals surface area (Å²) in [6.07, 6.45) is 1.54. The fourth-order valence-corrected chi connectivity index (χ4v) is 11.4. The Balaban J connectivity index is 0.808. The van der Waals surface area contributed by atoms with Gasteiger partial charge in [-0.05, 0) is 169 Å². The van der Waals surface area contributed by atoms with Crippen LogP contribution >= 0.6 is 22.7 Å². The number of anilines is 2. The molecule has 2 atom stereocenters. The molecule has 2 aromatic heterocycles. The van der Waals surface area contributed by atoms with Gasteiger partial charge in [0.1, 0.15) is 21.5 Å². The van der Waals surface area contributed by atoms with Crippen molar-refractivity contribution in [3.63, 3.8) is 0 Å². The minimum absolute atomic E-state index is 0.0134. The third-order valence-electron chi connectivity index (χ3n) is 13.1. The number of rotatable bonds is 13. The number of para-hydroxylation sites is 2. The van der Waals surface area contributed by atoms with E-state index in [4.69, 9.17) is 29.6 Å². The minimum Gasteiger partial charge on any atom is -0.494 e. The molecule has 0 radical (unpaired) electrons. The molecular weight excluding hydrogens is 901 g/mol. The normalized spacial score (nSPS) is 15.7. The van der Waals surface area contributed by atoms with E-state index in [2.05, 4.69) is 168 Å². The number of hydrazone groups is 2. The van der Waals surface area contributed by atoms with E-state index in [-0.39, 0.29) is 12.1 Å². The van der Waals surface area contributed by atoms with Gasteiger partial charge in [0.05, 0.1) is 68.5 Å². The van der Waals surface area contributed by atoms with Gasteiger partial charge in [0.2, 0.25) is 0 Å². The molecule has 2 aliphatic rings. The maximum atomic E-state index is 5.76. The molecule has 0 saturated heterocycles. The number of hydrogen-bond acceptors (Lipinski definition) is 10. The predicted molar refractivity (Wildman–Crippen MR) is 290 cm³/mol. The standard InChI is InChI=1S/C60H48N6O2S2/c1-3-67-49-33-25-41(26-34-49)53-37-55(65(63-53)47-29-21-45(22-30-47)59-61-51-9-5-7-11-57(51)69-59)43-17-13-39(14-18-43)40-15-19-44(20-16-40)56-38-54(42-27-35-50(36-28-42)68-4-2)64-66(56)48-31-23-46(24-32-48)60-62-52-10-6-8-12-58(52)70-60/h5-36,55-56H,3-4,37-38H2,1-2H3. The van der Waals surface area contributed by atoms with E-state index in [0.29, 0.717) is 13.2 Å². The maximum absolute atomic E-state index is 5.76. The monoisotopic (exact) mass is 948 g/mol. The van der Waals surface area contributed by atoms with Crippen LogP contribution in [0.2, 0.25) is 0 Å². The molecule has 12 rings (SSSR count). The molecule has 0 bridgehead atoms. The molecule has 2 aliphatic heterocycles. The summed E-state index contributed by atoms with van der Waals surface area (Å²) in [6, 6.07) is 68.6. The fourth-order valence-electron chi connectivity index (χ4n) is 9.49. The Bertz CT molecular complexity index is 3210. The summed E-state index contributed by atoms with van der Waals surface area (Å²) < 4.78 is 13.9. The lowest BCUT2D eigenvalue weighted by Crippen LogP contribution is -2.18. The number of aromatic nitrogens is 2. The Kier molecular flexibility index (Phi) is 11.7. The molecule has 342 valence electrons. The number of nitrogens with zero attached hydrogens (tertiary/aromatic N) is 6. The van der Waals surface area contributed by atoms with Gasteiger partial charge >= 0.3 is 0 Å². The smallest absolute Gasteiger partial charge is 0.124 e. The van der Waals surface area contributed by atoms with Crippen LogP contribution in [0, 0.1) is 0 Å². The summed E-state index contributed by atoms with van der Waals surface area (Å²) in [6.45, 7) is 5.28. The van der Waals surface area contributed by atoms with Gasteiger partial charge in [0, 0.05) is 24.0 Å². The third-order valence-corrected chi connectivity index (χ3v) is 15.3. The highest BCUT2D eigenvalue weighted by Crippen LogP contribution is 2.42. The van der Waals surface area contributed by atoms with E-state index in [1.807, 2.05) is 50.2 Å². The zero-order valence-electron chi connectivity index (χ0n) is 38.8. The second-order valence-electron chi connectivity index (χ2n) is 17.4. The first-order valence-corrected chi connectivity index (χ1v) is 25.5. The van der Waals surface area contributed by atoms with E-state index < -0.39 is 0 Å². The second kappa shape index (κ2) is 18.9. The number of hydrogen-bond donors (Lipinski definition) is 0. The highest BCUT2D eigenvalue weighted by atomic mass is 32.1. The Morgan fingerprint density at radius 3 is 1.14 bits per heavy atom. The lowest BCUT2D eigenvalue weighted by Gasteiger charge is -2.25. The lowest BCUT2D eigenvalue weighted by molar-refractivity contribution is 0.340. The van der Waals surface area contributed by atoms with Crippen molar-refractivity contribution >= 4 is 65.9 Å². The van der Waals surface area contributed by atoms with Crippen molar-refractivity contribution in [2.24, 2.45) is 10.2 Å². The van der Waals surface area contributed by atoms with Crippen LogP contribution < -0.4 is 19.5 Å². The Morgan fingerprint density at radius 2 is 0.771 bits per heavy atom. The van der Waals surface area contributed by atoms with Gasteiger partial charge in [-0.25, -0.2) is 9.97 Å². The second-order valence-corrected chi connectivity index (χ2v) is 19.5. The zero-order chi connectivity index (χ0) is 47.0. The number of benzene rings is 8.